The van der Waals surface area contributed by atoms with Gasteiger partial charge in [-0.05, 0) is 30.4 Å². The summed E-state index contributed by atoms with van der Waals surface area (Å²) in [6, 6.07) is 7.70. The normalized spacial score (nSPS) is 15.4. The van der Waals surface area contributed by atoms with E-state index in [1.54, 1.807) is 30.6 Å². The molecule has 3 rings (SSSR count). The molecule has 0 N–H and O–H groups in total. The summed E-state index contributed by atoms with van der Waals surface area (Å²) in [5, 5.41) is 1.60. The largest absolute Gasteiger partial charge is 0.337 e. The Morgan fingerprint density at radius 3 is 2.60 bits per heavy atom. The molecule has 1 aromatic carbocycles. The molecule has 0 bridgehead atoms. The van der Waals surface area contributed by atoms with Crippen LogP contribution in [-0.4, -0.2) is 43.7 Å². The molecule has 0 radical (unpaired) electrons. The third kappa shape index (κ3) is 3.61. The van der Waals surface area contributed by atoms with E-state index in [2.05, 4.69) is 0 Å². The number of rotatable bonds is 5. The Kier molecular flexibility index (Phi) is 5.21. The fraction of sp³-hybridized carbons (Fsp3) is 0.353. The van der Waals surface area contributed by atoms with Crippen molar-refractivity contribution < 1.29 is 17.6 Å². The number of nitrogens with zero attached hydrogens (tertiary/aromatic N) is 2. The topological polar surface area (TPSA) is 57.7 Å². The number of sulfonamides is 1. The fourth-order valence-electron chi connectivity index (χ4n) is 2.85. The molecule has 0 unspecified atom stereocenters. The SMILES string of the molecule is CN(Cc1ccccc1F)C(=O)c1sccc1S(=O)(=O)N1CCCC1. The summed E-state index contributed by atoms with van der Waals surface area (Å²) in [5.74, 6) is -0.811. The van der Waals surface area contributed by atoms with E-state index < -0.39 is 21.7 Å². The second-order valence-corrected chi connectivity index (χ2v) is 8.80. The van der Waals surface area contributed by atoms with Crippen LogP contribution in [0.3, 0.4) is 0 Å². The van der Waals surface area contributed by atoms with Gasteiger partial charge in [0.25, 0.3) is 5.91 Å². The first-order valence-electron chi connectivity index (χ1n) is 7.98. The summed E-state index contributed by atoms with van der Waals surface area (Å²) in [6.07, 6.45) is 1.67. The Labute approximate surface area is 150 Å². The van der Waals surface area contributed by atoms with Gasteiger partial charge in [-0.1, -0.05) is 18.2 Å². The molecule has 1 amide bonds. The van der Waals surface area contributed by atoms with Gasteiger partial charge in [0, 0.05) is 32.2 Å². The van der Waals surface area contributed by atoms with Gasteiger partial charge in [0.05, 0.1) is 0 Å². The maximum absolute atomic E-state index is 13.8. The maximum atomic E-state index is 13.8. The molecule has 2 heterocycles. The highest BCUT2D eigenvalue weighted by molar-refractivity contribution is 7.89. The number of hydrogen-bond donors (Lipinski definition) is 0. The molecule has 25 heavy (non-hydrogen) atoms. The number of thiophene rings is 1. The van der Waals surface area contributed by atoms with Crippen LogP contribution in [0.4, 0.5) is 4.39 Å². The van der Waals surface area contributed by atoms with Gasteiger partial charge in [-0.15, -0.1) is 11.3 Å². The van der Waals surface area contributed by atoms with Crippen molar-refractivity contribution >= 4 is 27.3 Å². The van der Waals surface area contributed by atoms with Gasteiger partial charge < -0.3 is 4.90 Å². The number of carbonyl (C=O) groups excluding carboxylic acids is 1. The number of carbonyl (C=O) groups is 1. The standard InChI is InChI=1S/C17H19FN2O3S2/c1-19(12-13-6-2-3-7-14(13)18)17(21)16-15(8-11-24-16)25(22,23)20-9-4-5-10-20/h2-3,6-8,11H,4-5,9-10,12H2,1H3. The van der Waals surface area contributed by atoms with E-state index in [1.165, 1.54) is 21.3 Å². The van der Waals surface area contributed by atoms with Gasteiger partial charge >= 0.3 is 0 Å². The predicted molar refractivity (Wildman–Crippen MR) is 94.5 cm³/mol. The Morgan fingerprint density at radius 2 is 1.92 bits per heavy atom. The average Bonchev–Trinajstić information content (AvgIpc) is 3.28. The molecule has 0 atom stereocenters. The number of benzene rings is 1. The van der Waals surface area contributed by atoms with Crippen molar-refractivity contribution in [3.63, 3.8) is 0 Å². The lowest BCUT2D eigenvalue weighted by Gasteiger charge is -2.19. The second-order valence-electron chi connectivity index (χ2n) is 5.98. The monoisotopic (exact) mass is 382 g/mol. The van der Waals surface area contributed by atoms with Crippen LogP contribution in [0.5, 0.6) is 0 Å². The Morgan fingerprint density at radius 1 is 1.24 bits per heavy atom. The molecule has 1 fully saturated rings. The van der Waals surface area contributed by atoms with E-state index >= 15 is 0 Å². The molecule has 0 aliphatic carbocycles. The first-order chi connectivity index (χ1) is 11.9. The minimum absolute atomic E-state index is 0.0461. The van der Waals surface area contributed by atoms with Crippen LogP contribution in [0, 0.1) is 5.82 Å². The predicted octanol–water partition coefficient (Wildman–Crippen LogP) is 2.94. The summed E-state index contributed by atoms with van der Waals surface area (Å²) in [7, 11) is -2.12. The van der Waals surface area contributed by atoms with Crippen LogP contribution in [0.15, 0.2) is 40.6 Å². The van der Waals surface area contributed by atoms with Gasteiger partial charge in [-0.25, -0.2) is 12.8 Å². The van der Waals surface area contributed by atoms with Crippen molar-refractivity contribution in [1.82, 2.24) is 9.21 Å². The van der Waals surface area contributed by atoms with Crippen LogP contribution in [0.2, 0.25) is 0 Å². The molecule has 5 nitrogen and oxygen atoms in total. The second kappa shape index (κ2) is 7.23. The summed E-state index contributed by atoms with van der Waals surface area (Å²) in [6.45, 7) is 1.04. The van der Waals surface area contributed by atoms with Crippen LogP contribution >= 0.6 is 11.3 Å². The van der Waals surface area contributed by atoms with Crippen molar-refractivity contribution in [2.45, 2.75) is 24.3 Å². The van der Waals surface area contributed by atoms with Crippen molar-refractivity contribution in [2.24, 2.45) is 0 Å². The summed E-state index contributed by atoms with van der Waals surface area (Å²) >= 11 is 1.10. The van der Waals surface area contributed by atoms with Crippen molar-refractivity contribution in [1.29, 1.82) is 0 Å². The highest BCUT2D eigenvalue weighted by Crippen LogP contribution is 2.28. The quantitative estimate of drug-likeness (QED) is 0.799. The van der Waals surface area contributed by atoms with Gasteiger partial charge in [-0.2, -0.15) is 4.31 Å². The molecule has 1 aliphatic rings. The number of halogens is 1. The molecule has 1 aromatic heterocycles. The van der Waals surface area contributed by atoms with Gasteiger partial charge in [0.15, 0.2) is 0 Å². The molecule has 8 heteroatoms. The molecule has 0 spiro atoms. The lowest BCUT2D eigenvalue weighted by molar-refractivity contribution is 0.0785. The van der Waals surface area contributed by atoms with E-state index in [9.17, 15) is 17.6 Å². The fourth-order valence-corrected chi connectivity index (χ4v) is 5.76. The lowest BCUT2D eigenvalue weighted by atomic mass is 10.2. The third-order valence-corrected chi connectivity index (χ3v) is 7.19. The molecule has 1 aliphatic heterocycles. The van der Waals surface area contributed by atoms with E-state index in [4.69, 9.17) is 0 Å². The average molecular weight is 382 g/mol. The first kappa shape index (κ1) is 18.0. The van der Waals surface area contributed by atoms with Gasteiger partial charge in [0.1, 0.15) is 15.6 Å². The molecular formula is C17H19FN2O3S2. The minimum atomic E-state index is -3.66. The lowest BCUT2D eigenvalue weighted by Crippen LogP contribution is -2.31. The zero-order valence-corrected chi connectivity index (χ0v) is 15.4. The number of amides is 1. The Hall–Kier alpha value is -1.77. The molecule has 0 saturated carbocycles. The zero-order valence-electron chi connectivity index (χ0n) is 13.8. The Bertz CT molecular complexity index is 874. The van der Waals surface area contributed by atoms with Crippen LogP contribution in [-0.2, 0) is 16.6 Å². The molecule has 134 valence electrons. The highest BCUT2D eigenvalue weighted by Gasteiger charge is 2.32. The summed E-state index contributed by atoms with van der Waals surface area (Å²) in [5.41, 5.74) is 0.388. The van der Waals surface area contributed by atoms with Crippen molar-refractivity contribution in [3.05, 3.63) is 52.0 Å². The first-order valence-corrected chi connectivity index (χ1v) is 10.3. The van der Waals surface area contributed by atoms with E-state index in [1.807, 2.05) is 0 Å². The van der Waals surface area contributed by atoms with Crippen molar-refractivity contribution in [3.8, 4) is 0 Å². The third-order valence-electron chi connectivity index (χ3n) is 4.22. The molecular weight excluding hydrogens is 363 g/mol. The van der Waals surface area contributed by atoms with E-state index in [0.717, 1.165) is 24.2 Å². The highest BCUT2D eigenvalue weighted by atomic mass is 32.2. The van der Waals surface area contributed by atoms with Crippen LogP contribution in [0.1, 0.15) is 28.1 Å². The zero-order chi connectivity index (χ0) is 18.0. The Balaban J connectivity index is 1.84. The van der Waals surface area contributed by atoms with E-state index in [-0.39, 0.29) is 16.3 Å². The smallest absolute Gasteiger partial charge is 0.265 e. The number of hydrogen-bond acceptors (Lipinski definition) is 4. The minimum Gasteiger partial charge on any atom is -0.337 e. The molecule has 2 aromatic rings. The summed E-state index contributed by atoms with van der Waals surface area (Å²) in [4.78, 5) is 14.3. The van der Waals surface area contributed by atoms with Crippen molar-refractivity contribution in [2.75, 3.05) is 20.1 Å². The maximum Gasteiger partial charge on any atom is 0.265 e. The van der Waals surface area contributed by atoms with Crippen LogP contribution in [0.25, 0.3) is 0 Å². The van der Waals surface area contributed by atoms with Crippen LogP contribution < -0.4 is 0 Å². The summed E-state index contributed by atoms with van der Waals surface area (Å²) < 4.78 is 40.7. The van der Waals surface area contributed by atoms with Gasteiger partial charge in [0.2, 0.25) is 10.0 Å². The van der Waals surface area contributed by atoms with E-state index in [0.29, 0.717) is 18.7 Å². The van der Waals surface area contributed by atoms with Gasteiger partial charge in [-0.3, -0.25) is 4.79 Å². The molecule has 1 saturated heterocycles.